The number of hydrogen-bond donors (Lipinski definition) is 1. The van der Waals surface area contributed by atoms with Gasteiger partial charge in [-0.05, 0) is 49.1 Å². The van der Waals surface area contributed by atoms with Crippen LogP contribution in [0.2, 0.25) is 0 Å². The molecule has 2 N–H and O–H groups in total. The van der Waals surface area contributed by atoms with Crippen molar-refractivity contribution in [3.8, 4) is 5.69 Å². The topological polar surface area (TPSA) is 70.0 Å². The Labute approximate surface area is 193 Å². The van der Waals surface area contributed by atoms with Crippen LogP contribution in [0.4, 0.5) is 5.69 Å². The van der Waals surface area contributed by atoms with Gasteiger partial charge in [0.25, 0.3) is 5.56 Å². The van der Waals surface area contributed by atoms with Gasteiger partial charge >= 0.3 is 5.69 Å². The first-order valence-corrected chi connectivity index (χ1v) is 11.5. The third kappa shape index (κ3) is 7.56. The zero-order valence-corrected chi connectivity index (χ0v) is 21.3. The molecule has 5 heteroatoms. The summed E-state index contributed by atoms with van der Waals surface area (Å²) >= 11 is 0. The van der Waals surface area contributed by atoms with Gasteiger partial charge in [-0.2, -0.15) is 0 Å². The maximum absolute atomic E-state index is 12.6. The molecule has 176 valence electrons. The minimum absolute atomic E-state index is 0.334. The Kier molecular flexibility index (Phi) is 13.4. The summed E-state index contributed by atoms with van der Waals surface area (Å²) in [5.41, 5.74) is 10.1. The molecule has 32 heavy (non-hydrogen) atoms. The molecule has 0 amide bonds. The van der Waals surface area contributed by atoms with Crippen LogP contribution in [0, 0.1) is 13.8 Å². The van der Waals surface area contributed by atoms with Crippen LogP contribution in [0.25, 0.3) is 5.69 Å². The van der Waals surface area contributed by atoms with Crippen molar-refractivity contribution in [2.75, 3.05) is 5.73 Å². The average Bonchev–Trinajstić information content (AvgIpc) is 2.79. The molecular weight excluding hydrogens is 398 g/mol. The number of hydrogen-bond acceptors (Lipinski definition) is 3. The number of anilines is 1. The fraction of sp³-hybridized carbons (Fsp3) is 0.407. The van der Waals surface area contributed by atoms with Crippen LogP contribution in [0.5, 0.6) is 0 Å². The van der Waals surface area contributed by atoms with E-state index in [2.05, 4.69) is 13.8 Å². The molecule has 1 heterocycles. The lowest BCUT2D eigenvalue weighted by Crippen LogP contribution is -2.38. The summed E-state index contributed by atoms with van der Waals surface area (Å²) in [6, 6.07) is 15.1. The second kappa shape index (κ2) is 14.8. The van der Waals surface area contributed by atoms with Gasteiger partial charge in [0.1, 0.15) is 0 Å². The van der Waals surface area contributed by atoms with Gasteiger partial charge in [0.2, 0.25) is 0 Å². The van der Waals surface area contributed by atoms with Crippen LogP contribution >= 0.6 is 0 Å². The maximum atomic E-state index is 12.6. The van der Waals surface area contributed by atoms with E-state index in [-0.39, 0.29) is 11.2 Å². The highest BCUT2D eigenvalue weighted by Crippen LogP contribution is 2.23. The number of rotatable bonds is 3. The monoisotopic (exact) mass is 439 g/mol. The van der Waals surface area contributed by atoms with E-state index in [1.54, 1.807) is 14.0 Å². The van der Waals surface area contributed by atoms with Crippen LogP contribution in [-0.4, -0.2) is 9.13 Å². The highest BCUT2D eigenvalue weighted by Gasteiger charge is 2.13. The molecular formula is C27H41N3O2. The second-order valence-corrected chi connectivity index (χ2v) is 7.01. The van der Waals surface area contributed by atoms with Crippen LogP contribution < -0.4 is 17.0 Å². The summed E-state index contributed by atoms with van der Waals surface area (Å²) in [6.07, 6.45) is 1.89. The summed E-state index contributed by atoms with van der Waals surface area (Å²) in [6.45, 7) is 15.8. The Morgan fingerprint density at radius 2 is 1.41 bits per heavy atom. The lowest BCUT2D eigenvalue weighted by molar-refractivity contribution is 0.711. The molecule has 0 radical (unpaired) electrons. The van der Waals surface area contributed by atoms with Crippen molar-refractivity contribution in [1.29, 1.82) is 0 Å². The van der Waals surface area contributed by atoms with Crippen LogP contribution in [0.3, 0.4) is 0 Å². The molecule has 0 atom stereocenters. The predicted octanol–water partition coefficient (Wildman–Crippen LogP) is 5.79. The fourth-order valence-electron chi connectivity index (χ4n) is 2.93. The van der Waals surface area contributed by atoms with Crippen molar-refractivity contribution in [2.24, 2.45) is 7.05 Å². The molecule has 3 aromatic rings. The van der Waals surface area contributed by atoms with Crippen molar-refractivity contribution in [1.82, 2.24) is 9.13 Å². The number of aromatic nitrogens is 2. The summed E-state index contributed by atoms with van der Waals surface area (Å²) in [7, 11) is 1.66. The standard InChI is InChI=1S/C20H21N3O2.C3H8.2C2H6/c1-13-9-17(21)16(11-15-7-5-4-6-8-15)12-18(13)23-19(24)10-14(2)22(3)20(23)25;1-3-2;2*1-2/h4-10,12H,11,21H2,1-3H3;3H2,1-2H3;2*1-2H3. The smallest absolute Gasteiger partial charge is 0.335 e. The van der Waals surface area contributed by atoms with Crippen LogP contribution in [0.1, 0.15) is 70.3 Å². The van der Waals surface area contributed by atoms with Crippen molar-refractivity contribution in [3.05, 3.63) is 91.8 Å². The van der Waals surface area contributed by atoms with Gasteiger partial charge in [-0.15, -0.1) is 0 Å². The Hall–Kier alpha value is -3.08. The summed E-state index contributed by atoms with van der Waals surface area (Å²) in [5, 5.41) is 0. The molecule has 0 aliphatic carbocycles. The lowest BCUT2D eigenvalue weighted by Gasteiger charge is -2.15. The number of nitrogens with two attached hydrogens (primary N) is 1. The first-order valence-electron chi connectivity index (χ1n) is 11.5. The Morgan fingerprint density at radius 3 is 1.94 bits per heavy atom. The van der Waals surface area contributed by atoms with E-state index in [1.807, 2.05) is 77.1 Å². The molecule has 3 rings (SSSR count). The Morgan fingerprint density at radius 1 is 0.875 bits per heavy atom. The van der Waals surface area contributed by atoms with Crippen molar-refractivity contribution in [3.63, 3.8) is 0 Å². The number of benzene rings is 2. The van der Waals surface area contributed by atoms with Gasteiger partial charge in [0, 0.05) is 24.5 Å². The zero-order chi connectivity index (χ0) is 24.8. The molecule has 0 bridgehead atoms. The molecule has 1 aromatic heterocycles. The van der Waals surface area contributed by atoms with E-state index in [0.717, 1.165) is 16.7 Å². The van der Waals surface area contributed by atoms with Crippen molar-refractivity contribution in [2.45, 2.75) is 68.2 Å². The summed E-state index contributed by atoms with van der Waals surface area (Å²) < 4.78 is 2.67. The predicted molar refractivity (Wildman–Crippen MR) is 139 cm³/mol. The SMILES string of the molecule is CC.CC.CCC.Cc1cc(N)c(Cc2ccccc2)cc1-n1c(=O)cc(C)n(C)c1=O. The third-order valence-corrected chi connectivity index (χ3v) is 4.50. The van der Waals surface area contributed by atoms with Gasteiger partial charge in [-0.1, -0.05) is 78.3 Å². The largest absolute Gasteiger partial charge is 0.398 e. The lowest BCUT2D eigenvalue weighted by atomic mass is 10.0. The van der Waals surface area contributed by atoms with Gasteiger partial charge in [0.05, 0.1) is 5.69 Å². The number of nitrogen functional groups attached to an aromatic ring is 1. The highest BCUT2D eigenvalue weighted by molar-refractivity contribution is 5.58. The third-order valence-electron chi connectivity index (χ3n) is 4.50. The fourth-order valence-corrected chi connectivity index (χ4v) is 2.93. The first-order chi connectivity index (χ1) is 15.3. The van der Waals surface area contributed by atoms with E-state index in [4.69, 9.17) is 5.73 Å². The zero-order valence-electron chi connectivity index (χ0n) is 21.3. The second-order valence-electron chi connectivity index (χ2n) is 7.01. The van der Waals surface area contributed by atoms with E-state index in [1.165, 1.54) is 21.6 Å². The quantitative estimate of drug-likeness (QED) is 0.525. The molecule has 0 saturated heterocycles. The van der Waals surface area contributed by atoms with Gasteiger partial charge < -0.3 is 10.3 Å². The number of nitrogens with zero attached hydrogens (tertiary/aromatic N) is 2. The molecule has 2 aromatic carbocycles. The Bertz CT molecular complexity index is 1060. The molecule has 0 aliphatic rings. The molecule has 0 saturated carbocycles. The molecule has 0 fully saturated rings. The maximum Gasteiger partial charge on any atom is 0.335 e. The summed E-state index contributed by atoms with van der Waals surface area (Å²) in [4.78, 5) is 25.1. The van der Waals surface area contributed by atoms with Gasteiger partial charge in [0.15, 0.2) is 0 Å². The molecule has 0 spiro atoms. The average molecular weight is 440 g/mol. The highest BCUT2D eigenvalue weighted by atomic mass is 16.2. The Balaban J connectivity index is 0.00000124. The normalized spacial score (nSPS) is 9.41. The van der Waals surface area contributed by atoms with E-state index < -0.39 is 0 Å². The van der Waals surface area contributed by atoms with E-state index >= 15 is 0 Å². The molecule has 0 unspecified atom stereocenters. The first kappa shape index (κ1) is 28.9. The van der Waals surface area contributed by atoms with Crippen molar-refractivity contribution < 1.29 is 0 Å². The van der Waals surface area contributed by atoms with Gasteiger partial charge in [-0.3, -0.25) is 4.79 Å². The summed E-state index contributed by atoms with van der Waals surface area (Å²) in [5.74, 6) is 0. The number of aryl methyl sites for hydroxylation is 2. The van der Waals surface area contributed by atoms with Crippen LogP contribution in [-0.2, 0) is 13.5 Å². The molecule has 5 nitrogen and oxygen atoms in total. The van der Waals surface area contributed by atoms with Crippen molar-refractivity contribution >= 4 is 5.69 Å². The van der Waals surface area contributed by atoms with Crippen LogP contribution in [0.15, 0.2) is 58.1 Å². The van der Waals surface area contributed by atoms with E-state index in [9.17, 15) is 9.59 Å². The minimum atomic E-state index is -0.358. The van der Waals surface area contributed by atoms with E-state index in [0.29, 0.717) is 23.5 Å². The molecule has 0 aliphatic heterocycles. The minimum Gasteiger partial charge on any atom is -0.398 e. The van der Waals surface area contributed by atoms with Gasteiger partial charge in [-0.25, -0.2) is 9.36 Å².